The fourth-order valence-electron chi connectivity index (χ4n) is 2.21. The fraction of sp³-hybridized carbons (Fsp3) is 0.455. The Bertz CT molecular complexity index is 539. The highest BCUT2D eigenvalue weighted by molar-refractivity contribution is 9.10. The second kappa shape index (κ2) is 6.14. The van der Waals surface area contributed by atoms with Gasteiger partial charge in [-0.05, 0) is 15.9 Å². The van der Waals surface area contributed by atoms with Crippen LogP contribution in [0.4, 0.5) is 11.4 Å². The van der Waals surface area contributed by atoms with Gasteiger partial charge in [-0.2, -0.15) is 0 Å². The van der Waals surface area contributed by atoms with Gasteiger partial charge >= 0.3 is 5.69 Å². The summed E-state index contributed by atoms with van der Waals surface area (Å²) in [5.74, 6) is -0.185. The number of carbonyl (C=O) groups excluding carboxylic acids is 1. The van der Waals surface area contributed by atoms with Crippen molar-refractivity contribution in [1.82, 2.24) is 15.6 Å². The van der Waals surface area contributed by atoms with Gasteiger partial charge in [-0.15, -0.1) is 0 Å². The number of piperazine rings is 1. The van der Waals surface area contributed by atoms with Crippen LogP contribution >= 0.6 is 15.9 Å². The summed E-state index contributed by atoms with van der Waals surface area (Å²) < 4.78 is 0.502. The number of halogens is 1. The van der Waals surface area contributed by atoms with Gasteiger partial charge in [0.05, 0.1) is 9.40 Å². The van der Waals surface area contributed by atoms with Crippen molar-refractivity contribution < 1.29 is 9.72 Å². The topological polar surface area (TPSA) is 100 Å². The molecule has 0 bridgehead atoms. The zero-order valence-corrected chi connectivity index (χ0v) is 12.4. The Hall–Kier alpha value is -1.74. The van der Waals surface area contributed by atoms with E-state index in [9.17, 15) is 14.9 Å². The molecule has 8 nitrogen and oxygen atoms in total. The third kappa shape index (κ3) is 2.73. The SMILES string of the molecule is CNC(=O)C1CNCCN1c1c(Br)cncc1[N+](=O)[O-]. The van der Waals surface area contributed by atoms with E-state index < -0.39 is 11.0 Å². The molecule has 1 atom stereocenters. The van der Waals surface area contributed by atoms with E-state index in [1.54, 1.807) is 11.9 Å². The van der Waals surface area contributed by atoms with Crippen LogP contribution in [-0.4, -0.2) is 48.5 Å². The van der Waals surface area contributed by atoms with Crippen LogP contribution in [0.3, 0.4) is 0 Å². The van der Waals surface area contributed by atoms with Gasteiger partial charge in [0.1, 0.15) is 17.9 Å². The second-order valence-electron chi connectivity index (χ2n) is 4.27. The number of hydrogen-bond acceptors (Lipinski definition) is 6. The van der Waals surface area contributed by atoms with Crippen molar-refractivity contribution in [2.45, 2.75) is 6.04 Å². The molecule has 0 saturated carbocycles. The molecule has 2 rings (SSSR count). The molecule has 2 heterocycles. The third-order valence-electron chi connectivity index (χ3n) is 3.13. The van der Waals surface area contributed by atoms with E-state index in [0.717, 1.165) is 0 Å². The molecule has 2 N–H and O–H groups in total. The molecule has 1 saturated heterocycles. The normalized spacial score (nSPS) is 18.7. The zero-order chi connectivity index (χ0) is 14.7. The van der Waals surface area contributed by atoms with Gasteiger partial charge in [0.25, 0.3) is 0 Å². The van der Waals surface area contributed by atoms with Crippen molar-refractivity contribution in [3.8, 4) is 0 Å². The first-order chi connectivity index (χ1) is 9.56. The largest absolute Gasteiger partial charge is 0.357 e. The Morgan fingerprint density at radius 3 is 3.05 bits per heavy atom. The van der Waals surface area contributed by atoms with E-state index in [1.165, 1.54) is 12.4 Å². The van der Waals surface area contributed by atoms with Gasteiger partial charge in [-0.1, -0.05) is 0 Å². The van der Waals surface area contributed by atoms with Crippen molar-refractivity contribution in [3.63, 3.8) is 0 Å². The van der Waals surface area contributed by atoms with Crippen LogP contribution in [0.15, 0.2) is 16.9 Å². The van der Waals surface area contributed by atoms with Crippen LogP contribution < -0.4 is 15.5 Å². The summed E-state index contributed by atoms with van der Waals surface area (Å²) in [7, 11) is 1.55. The molecule has 1 aliphatic heterocycles. The number of nitrogens with one attached hydrogen (secondary N) is 2. The van der Waals surface area contributed by atoms with Gasteiger partial charge < -0.3 is 15.5 Å². The molecular weight excluding hydrogens is 330 g/mol. The van der Waals surface area contributed by atoms with Gasteiger partial charge in [0, 0.05) is 32.9 Å². The molecule has 108 valence electrons. The minimum Gasteiger partial charge on any atom is -0.357 e. The van der Waals surface area contributed by atoms with Gasteiger partial charge in [-0.3, -0.25) is 19.9 Å². The Labute approximate surface area is 123 Å². The number of anilines is 1. The summed E-state index contributed by atoms with van der Waals surface area (Å²) in [5.41, 5.74) is 0.273. The molecule has 20 heavy (non-hydrogen) atoms. The highest BCUT2D eigenvalue weighted by Crippen LogP contribution is 2.36. The number of hydrogen-bond donors (Lipinski definition) is 2. The first-order valence-electron chi connectivity index (χ1n) is 6.03. The zero-order valence-electron chi connectivity index (χ0n) is 10.8. The third-order valence-corrected chi connectivity index (χ3v) is 3.71. The Kier molecular flexibility index (Phi) is 4.50. The lowest BCUT2D eigenvalue weighted by molar-refractivity contribution is -0.384. The maximum atomic E-state index is 11.9. The standard InChI is InChI=1S/C11H14BrN5O3/c1-13-11(18)9-6-14-2-3-16(9)10-7(12)4-15-5-8(10)17(19)20/h4-5,9,14H,2-3,6H2,1H3,(H,13,18). The minimum atomic E-state index is -0.494. The monoisotopic (exact) mass is 343 g/mol. The molecule has 0 aliphatic carbocycles. The average molecular weight is 344 g/mol. The molecule has 1 fully saturated rings. The number of aromatic nitrogens is 1. The number of likely N-dealkylation sites (N-methyl/N-ethyl adjacent to an activating group) is 1. The first kappa shape index (κ1) is 14.7. The van der Waals surface area contributed by atoms with Crippen LogP contribution in [0.5, 0.6) is 0 Å². The van der Waals surface area contributed by atoms with Crippen LogP contribution in [0.2, 0.25) is 0 Å². The van der Waals surface area contributed by atoms with Gasteiger partial charge in [-0.25, -0.2) is 0 Å². The Morgan fingerprint density at radius 2 is 2.40 bits per heavy atom. The van der Waals surface area contributed by atoms with Crippen molar-refractivity contribution in [2.75, 3.05) is 31.6 Å². The Balaban J connectivity index is 2.47. The van der Waals surface area contributed by atoms with Gasteiger partial charge in [0.2, 0.25) is 5.91 Å². The Morgan fingerprint density at radius 1 is 1.65 bits per heavy atom. The predicted octanol–water partition coefficient (Wildman–Crippen LogP) is 0.276. The summed E-state index contributed by atoms with van der Waals surface area (Å²) >= 11 is 3.29. The number of rotatable bonds is 3. The van der Waals surface area contributed by atoms with Crippen molar-refractivity contribution in [1.29, 1.82) is 0 Å². The van der Waals surface area contributed by atoms with Crippen LogP contribution in [-0.2, 0) is 4.79 Å². The van der Waals surface area contributed by atoms with Crippen molar-refractivity contribution in [3.05, 3.63) is 27.0 Å². The molecule has 1 aromatic rings. The lowest BCUT2D eigenvalue weighted by atomic mass is 10.1. The fourth-order valence-corrected chi connectivity index (χ4v) is 2.76. The van der Waals surface area contributed by atoms with Crippen LogP contribution in [0.1, 0.15) is 0 Å². The summed E-state index contributed by atoms with van der Waals surface area (Å²) in [6.45, 7) is 1.59. The smallest absolute Gasteiger partial charge is 0.311 e. The summed E-state index contributed by atoms with van der Waals surface area (Å²) in [6, 6.07) is -0.494. The van der Waals surface area contributed by atoms with E-state index in [1.807, 2.05) is 0 Å². The maximum absolute atomic E-state index is 11.9. The molecule has 1 aromatic heterocycles. The minimum absolute atomic E-state index is 0.116. The molecule has 0 radical (unpaired) electrons. The summed E-state index contributed by atoms with van der Waals surface area (Å²) in [4.78, 5) is 28.2. The molecule has 0 aromatic carbocycles. The van der Waals surface area contributed by atoms with Crippen LogP contribution in [0, 0.1) is 10.1 Å². The highest BCUT2D eigenvalue weighted by Gasteiger charge is 2.33. The number of nitrogens with zero attached hydrogens (tertiary/aromatic N) is 3. The van der Waals surface area contributed by atoms with E-state index in [2.05, 4.69) is 31.5 Å². The molecule has 1 aliphatic rings. The average Bonchev–Trinajstić information content (AvgIpc) is 2.46. The molecule has 9 heteroatoms. The second-order valence-corrected chi connectivity index (χ2v) is 5.13. The number of carbonyl (C=O) groups is 1. The molecule has 0 spiro atoms. The maximum Gasteiger partial charge on any atom is 0.311 e. The van der Waals surface area contributed by atoms with Crippen LogP contribution in [0.25, 0.3) is 0 Å². The van der Waals surface area contributed by atoms with E-state index in [-0.39, 0.29) is 11.6 Å². The van der Waals surface area contributed by atoms with Crippen molar-refractivity contribution in [2.24, 2.45) is 0 Å². The van der Waals surface area contributed by atoms with E-state index in [4.69, 9.17) is 0 Å². The molecule has 1 unspecified atom stereocenters. The predicted molar refractivity (Wildman–Crippen MR) is 76.7 cm³/mol. The lowest BCUT2D eigenvalue weighted by Crippen LogP contribution is -2.57. The first-order valence-corrected chi connectivity index (χ1v) is 6.82. The number of amides is 1. The van der Waals surface area contributed by atoms with Gasteiger partial charge in [0.15, 0.2) is 0 Å². The quantitative estimate of drug-likeness (QED) is 0.603. The van der Waals surface area contributed by atoms with Crippen molar-refractivity contribution >= 4 is 33.2 Å². The van der Waals surface area contributed by atoms with E-state index >= 15 is 0 Å². The number of nitro groups is 1. The molecular formula is C11H14BrN5O3. The highest BCUT2D eigenvalue weighted by atomic mass is 79.9. The van der Waals surface area contributed by atoms with E-state index in [0.29, 0.717) is 29.8 Å². The lowest BCUT2D eigenvalue weighted by Gasteiger charge is -2.36. The molecule has 1 amide bonds. The number of pyridine rings is 1. The summed E-state index contributed by atoms with van der Waals surface area (Å²) in [6.07, 6.45) is 2.69. The summed E-state index contributed by atoms with van der Waals surface area (Å²) in [5, 5.41) is 16.9.